The quantitative estimate of drug-likeness (QED) is 0.836. The zero-order valence-corrected chi connectivity index (χ0v) is 12.5. The third kappa shape index (κ3) is 4.94. The molecular formula is C16H25N3O. The molecule has 0 aliphatic heterocycles. The Hall–Kier alpha value is -1.39. The molecule has 1 fully saturated rings. The minimum atomic E-state index is 0.0407. The van der Waals surface area contributed by atoms with Gasteiger partial charge in [0, 0.05) is 18.3 Å². The van der Waals surface area contributed by atoms with Crippen LogP contribution in [0.15, 0.2) is 24.3 Å². The molecule has 1 amide bonds. The molecule has 2 N–H and O–H groups in total. The second-order valence-electron chi connectivity index (χ2n) is 5.85. The number of rotatable bonds is 6. The van der Waals surface area contributed by atoms with E-state index in [1.54, 1.807) is 0 Å². The summed E-state index contributed by atoms with van der Waals surface area (Å²) in [5.74, 6) is 0.0407. The lowest BCUT2D eigenvalue weighted by molar-refractivity contribution is -0.115. The van der Waals surface area contributed by atoms with Crippen molar-refractivity contribution in [3.63, 3.8) is 0 Å². The monoisotopic (exact) mass is 275 g/mol. The van der Waals surface area contributed by atoms with Gasteiger partial charge >= 0.3 is 0 Å². The van der Waals surface area contributed by atoms with Crippen LogP contribution in [0, 0.1) is 0 Å². The summed E-state index contributed by atoms with van der Waals surface area (Å²) < 4.78 is 0. The molecule has 0 aromatic heterocycles. The van der Waals surface area contributed by atoms with Gasteiger partial charge < -0.3 is 15.5 Å². The van der Waals surface area contributed by atoms with Crippen molar-refractivity contribution in [2.45, 2.75) is 38.3 Å². The number of anilines is 1. The third-order valence-electron chi connectivity index (χ3n) is 3.62. The van der Waals surface area contributed by atoms with Crippen LogP contribution >= 0.6 is 0 Å². The topological polar surface area (TPSA) is 44.4 Å². The zero-order chi connectivity index (χ0) is 14.4. The van der Waals surface area contributed by atoms with Gasteiger partial charge in [-0.1, -0.05) is 25.0 Å². The molecule has 0 bridgehead atoms. The van der Waals surface area contributed by atoms with Crippen molar-refractivity contribution in [3.05, 3.63) is 29.8 Å². The molecule has 1 aliphatic carbocycles. The maximum absolute atomic E-state index is 11.9. The van der Waals surface area contributed by atoms with Crippen LogP contribution in [-0.4, -0.2) is 37.5 Å². The van der Waals surface area contributed by atoms with Crippen LogP contribution in [0.5, 0.6) is 0 Å². The highest BCUT2D eigenvalue weighted by Crippen LogP contribution is 2.17. The normalized spacial score (nSPS) is 15.8. The molecule has 0 atom stereocenters. The number of carbonyl (C=O) groups is 1. The first-order valence-corrected chi connectivity index (χ1v) is 7.40. The minimum Gasteiger partial charge on any atom is -0.325 e. The van der Waals surface area contributed by atoms with Crippen molar-refractivity contribution in [2.24, 2.45) is 0 Å². The van der Waals surface area contributed by atoms with E-state index in [-0.39, 0.29) is 5.91 Å². The number of carbonyl (C=O) groups excluding carboxylic acids is 1. The van der Waals surface area contributed by atoms with Crippen LogP contribution in [0.1, 0.15) is 31.2 Å². The smallest absolute Gasteiger partial charge is 0.238 e. The molecule has 1 aromatic rings. The number of amides is 1. The highest BCUT2D eigenvalue weighted by atomic mass is 16.1. The molecule has 2 rings (SSSR count). The summed E-state index contributed by atoms with van der Waals surface area (Å²) in [5.41, 5.74) is 2.08. The van der Waals surface area contributed by atoms with E-state index >= 15 is 0 Å². The highest BCUT2D eigenvalue weighted by molar-refractivity contribution is 5.92. The van der Waals surface area contributed by atoms with E-state index < -0.39 is 0 Å². The Bertz CT molecular complexity index is 439. The summed E-state index contributed by atoms with van der Waals surface area (Å²) in [6, 6.07) is 8.56. The van der Waals surface area contributed by atoms with E-state index in [1.165, 1.54) is 31.2 Å². The number of nitrogens with one attached hydrogen (secondary N) is 2. The number of hydrogen-bond acceptors (Lipinski definition) is 3. The third-order valence-corrected chi connectivity index (χ3v) is 3.62. The molecule has 110 valence electrons. The minimum absolute atomic E-state index is 0.0407. The van der Waals surface area contributed by atoms with Gasteiger partial charge in [-0.3, -0.25) is 4.79 Å². The molecule has 0 spiro atoms. The fraction of sp³-hybridized carbons (Fsp3) is 0.562. The summed E-state index contributed by atoms with van der Waals surface area (Å²) >= 11 is 0. The first-order chi connectivity index (χ1) is 9.63. The van der Waals surface area contributed by atoms with Crippen LogP contribution in [-0.2, 0) is 11.3 Å². The van der Waals surface area contributed by atoms with E-state index in [1.807, 2.05) is 32.3 Å². The molecule has 1 saturated carbocycles. The maximum Gasteiger partial charge on any atom is 0.238 e. The lowest BCUT2D eigenvalue weighted by Gasteiger charge is -2.13. The van der Waals surface area contributed by atoms with E-state index in [0.29, 0.717) is 12.6 Å². The molecule has 1 aliphatic rings. The number of benzene rings is 1. The Kier molecular flexibility index (Phi) is 5.56. The lowest BCUT2D eigenvalue weighted by atomic mass is 10.2. The van der Waals surface area contributed by atoms with Crippen LogP contribution in [0.25, 0.3) is 0 Å². The van der Waals surface area contributed by atoms with E-state index in [4.69, 9.17) is 0 Å². The first-order valence-electron chi connectivity index (χ1n) is 7.40. The van der Waals surface area contributed by atoms with Crippen molar-refractivity contribution in [1.29, 1.82) is 0 Å². The molecule has 0 unspecified atom stereocenters. The fourth-order valence-electron chi connectivity index (χ4n) is 2.68. The van der Waals surface area contributed by atoms with Crippen molar-refractivity contribution in [2.75, 3.05) is 26.0 Å². The Morgan fingerprint density at radius 2 is 2.05 bits per heavy atom. The van der Waals surface area contributed by atoms with Crippen molar-refractivity contribution >= 4 is 11.6 Å². The van der Waals surface area contributed by atoms with Gasteiger partial charge in [0.05, 0.1) is 6.54 Å². The summed E-state index contributed by atoms with van der Waals surface area (Å²) in [6.45, 7) is 1.28. The van der Waals surface area contributed by atoms with Gasteiger partial charge in [-0.15, -0.1) is 0 Å². The van der Waals surface area contributed by atoms with E-state index in [2.05, 4.69) is 21.6 Å². The summed E-state index contributed by atoms with van der Waals surface area (Å²) in [4.78, 5) is 14.0. The van der Waals surface area contributed by atoms with Gasteiger partial charge in [-0.2, -0.15) is 0 Å². The summed E-state index contributed by atoms with van der Waals surface area (Å²) in [6.07, 6.45) is 4.97. The van der Waals surface area contributed by atoms with Crippen LogP contribution in [0.2, 0.25) is 0 Å². The molecule has 1 aromatic carbocycles. The predicted molar refractivity (Wildman–Crippen MR) is 82.7 cm³/mol. The summed E-state index contributed by atoms with van der Waals surface area (Å²) in [7, 11) is 4.08. The highest BCUT2D eigenvalue weighted by Gasteiger charge is 2.15. The average Bonchev–Trinajstić information content (AvgIpc) is 2.89. The molecule has 20 heavy (non-hydrogen) atoms. The van der Waals surface area contributed by atoms with Crippen molar-refractivity contribution in [1.82, 2.24) is 10.2 Å². The second kappa shape index (κ2) is 7.41. The predicted octanol–water partition coefficient (Wildman–Crippen LogP) is 2.22. The van der Waals surface area contributed by atoms with E-state index in [0.717, 1.165) is 12.2 Å². The van der Waals surface area contributed by atoms with Gasteiger partial charge in [-0.05, 0) is 44.6 Å². The standard InChI is InChI=1S/C16H25N3O/c1-19(2)12-13-6-5-9-15(10-13)18-16(20)11-17-14-7-3-4-8-14/h5-6,9-10,14,17H,3-4,7-8,11-12H2,1-2H3,(H,18,20). The molecule has 4 nitrogen and oxygen atoms in total. The van der Waals surface area contributed by atoms with E-state index in [9.17, 15) is 4.79 Å². The Labute approximate surface area is 121 Å². The molecule has 0 saturated heterocycles. The molecule has 4 heteroatoms. The lowest BCUT2D eigenvalue weighted by Crippen LogP contribution is -2.34. The largest absolute Gasteiger partial charge is 0.325 e. The molecule has 0 radical (unpaired) electrons. The SMILES string of the molecule is CN(C)Cc1cccc(NC(=O)CNC2CCCC2)c1. The van der Waals surface area contributed by atoms with Crippen LogP contribution in [0.3, 0.4) is 0 Å². The van der Waals surface area contributed by atoms with Gasteiger partial charge in [0.1, 0.15) is 0 Å². The fourth-order valence-corrected chi connectivity index (χ4v) is 2.68. The molecular weight excluding hydrogens is 250 g/mol. The van der Waals surface area contributed by atoms with Gasteiger partial charge in [-0.25, -0.2) is 0 Å². The maximum atomic E-state index is 11.9. The van der Waals surface area contributed by atoms with Crippen LogP contribution in [0.4, 0.5) is 5.69 Å². The number of hydrogen-bond donors (Lipinski definition) is 2. The van der Waals surface area contributed by atoms with Crippen molar-refractivity contribution < 1.29 is 4.79 Å². The summed E-state index contributed by atoms with van der Waals surface area (Å²) in [5, 5.41) is 6.29. The van der Waals surface area contributed by atoms with Gasteiger partial charge in [0.25, 0.3) is 0 Å². The van der Waals surface area contributed by atoms with Gasteiger partial charge in [0.2, 0.25) is 5.91 Å². The Morgan fingerprint density at radius 3 is 2.75 bits per heavy atom. The Morgan fingerprint density at radius 1 is 1.30 bits per heavy atom. The van der Waals surface area contributed by atoms with Crippen LogP contribution < -0.4 is 10.6 Å². The molecule has 0 heterocycles. The zero-order valence-electron chi connectivity index (χ0n) is 12.5. The number of nitrogens with zero attached hydrogens (tertiary/aromatic N) is 1. The Balaban J connectivity index is 1.80. The van der Waals surface area contributed by atoms with Gasteiger partial charge in [0.15, 0.2) is 0 Å². The van der Waals surface area contributed by atoms with Crippen molar-refractivity contribution in [3.8, 4) is 0 Å². The second-order valence-corrected chi connectivity index (χ2v) is 5.85. The average molecular weight is 275 g/mol. The first kappa shape index (κ1) is 15.0.